The number of benzene rings is 1. The van der Waals surface area contributed by atoms with Crippen LogP contribution >= 0.6 is 0 Å². The first-order valence-electron chi connectivity index (χ1n) is 6.83. The molecule has 1 heterocycles. The Morgan fingerprint density at radius 1 is 1.24 bits per heavy atom. The first-order valence-corrected chi connectivity index (χ1v) is 6.83. The molecule has 1 aliphatic rings. The highest BCUT2D eigenvalue weighted by Crippen LogP contribution is 2.27. The van der Waals surface area contributed by atoms with Gasteiger partial charge < -0.3 is 10.2 Å². The second-order valence-corrected chi connectivity index (χ2v) is 5.18. The van der Waals surface area contributed by atoms with E-state index in [0.717, 1.165) is 6.54 Å². The lowest BCUT2D eigenvalue weighted by molar-refractivity contribution is 0.556. The molecule has 94 valence electrons. The van der Waals surface area contributed by atoms with Gasteiger partial charge in [-0.25, -0.2) is 0 Å². The lowest BCUT2D eigenvalue weighted by Crippen LogP contribution is -2.26. The molecular weight excluding hydrogens is 208 g/mol. The highest BCUT2D eigenvalue weighted by molar-refractivity contribution is 5.57. The van der Waals surface area contributed by atoms with E-state index in [9.17, 15) is 0 Å². The molecule has 2 heteroatoms. The van der Waals surface area contributed by atoms with E-state index >= 15 is 0 Å². The van der Waals surface area contributed by atoms with Crippen LogP contribution in [0.4, 0.5) is 5.69 Å². The van der Waals surface area contributed by atoms with Crippen LogP contribution in [-0.2, 0) is 6.42 Å². The monoisotopic (exact) mass is 232 g/mol. The Morgan fingerprint density at radius 2 is 2.06 bits per heavy atom. The SMILES string of the molecule is CC(C)NCCCCN1CCc2ccccc21. The van der Waals surface area contributed by atoms with Crippen LogP contribution in [0.1, 0.15) is 32.3 Å². The van der Waals surface area contributed by atoms with Gasteiger partial charge in [0.2, 0.25) is 0 Å². The molecule has 1 aliphatic heterocycles. The molecule has 0 unspecified atom stereocenters. The maximum Gasteiger partial charge on any atom is 0.0399 e. The Hall–Kier alpha value is -1.02. The number of rotatable bonds is 6. The normalized spacial score (nSPS) is 14.4. The topological polar surface area (TPSA) is 15.3 Å². The predicted molar refractivity (Wildman–Crippen MR) is 74.7 cm³/mol. The first-order chi connectivity index (χ1) is 8.27. The van der Waals surface area contributed by atoms with Gasteiger partial charge >= 0.3 is 0 Å². The molecule has 1 aromatic carbocycles. The molecule has 2 nitrogen and oxygen atoms in total. The molecule has 0 bridgehead atoms. The summed E-state index contributed by atoms with van der Waals surface area (Å²) in [5.41, 5.74) is 2.98. The molecule has 1 N–H and O–H groups in total. The van der Waals surface area contributed by atoms with Gasteiger partial charge in [0.15, 0.2) is 0 Å². The van der Waals surface area contributed by atoms with E-state index in [0.29, 0.717) is 6.04 Å². The standard InChI is InChI=1S/C15H24N2/c1-13(2)16-10-5-6-11-17-12-9-14-7-3-4-8-15(14)17/h3-4,7-8,13,16H,5-6,9-12H2,1-2H3. The summed E-state index contributed by atoms with van der Waals surface area (Å²) in [6.07, 6.45) is 3.78. The number of anilines is 1. The molecule has 0 atom stereocenters. The minimum absolute atomic E-state index is 0.613. The average Bonchev–Trinajstić information content (AvgIpc) is 2.72. The van der Waals surface area contributed by atoms with E-state index in [1.165, 1.54) is 43.6 Å². The van der Waals surface area contributed by atoms with Crippen LogP contribution in [0.3, 0.4) is 0 Å². The Bertz CT molecular complexity index is 347. The molecule has 0 fully saturated rings. The Balaban J connectivity index is 1.71. The predicted octanol–water partition coefficient (Wildman–Crippen LogP) is 2.83. The van der Waals surface area contributed by atoms with Crippen molar-refractivity contribution in [2.45, 2.75) is 39.2 Å². The third kappa shape index (κ3) is 3.47. The summed E-state index contributed by atoms with van der Waals surface area (Å²) in [6, 6.07) is 9.43. The van der Waals surface area contributed by atoms with Crippen LogP contribution in [0, 0.1) is 0 Å². The fraction of sp³-hybridized carbons (Fsp3) is 0.600. The van der Waals surface area contributed by atoms with Crippen molar-refractivity contribution in [1.82, 2.24) is 5.32 Å². The highest BCUT2D eigenvalue weighted by atomic mass is 15.1. The van der Waals surface area contributed by atoms with Crippen molar-refractivity contribution >= 4 is 5.69 Å². The van der Waals surface area contributed by atoms with Crippen molar-refractivity contribution in [3.05, 3.63) is 29.8 Å². The fourth-order valence-corrected chi connectivity index (χ4v) is 2.46. The molecule has 1 aromatic rings. The third-order valence-corrected chi connectivity index (χ3v) is 3.39. The molecule has 0 spiro atoms. The molecule has 0 saturated heterocycles. The zero-order chi connectivity index (χ0) is 12.1. The summed E-state index contributed by atoms with van der Waals surface area (Å²) in [5.74, 6) is 0. The van der Waals surface area contributed by atoms with Crippen LogP contribution in [0.15, 0.2) is 24.3 Å². The van der Waals surface area contributed by atoms with E-state index in [-0.39, 0.29) is 0 Å². The van der Waals surface area contributed by atoms with Gasteiger partial charge in [0.1, 0.15) is 0 Å². The van der Waals surface area contributed by atoms with Gasteiger partial charge in [0.05, 0.1) is 0 Å². The van der Waals surface area contributed by atoms with Gasteiger partial charge in [-0.3, -0.25) is 0 Å². The van der Waals surface area contributed by atoms with Crippen LogP contribution in [0.5, 0.6) is 0 Å². The first kappa shape index (κ1) is 12.4. The zero-order valence-electron chi connectivity index (χ0n) is 11.1. The molecule has 2 rings (SSSR count). The minimum Gasteiger partial charge on any atom is -0.371 e. The minimum atomic E-state index is 0.613. The number of nitrogens with zero attached hydrogens (tertiary/aromatic N) is 1. The van der Waals surface area contributed by atoms with Crippen molar-refractivity contribution < 1.29 is 0 Å². The number of unbranched alkanes of at least 4 members (excludes halogenated alkanes) is 1. The number of para-hydroxylation sites is 1. The van der Waals surface area contributed by atoms with Gasteiger partial charge in [-0.05, 0) is 37.4 Å². The highest BCUT2D eigenvalue weighted by Gasteiger charge is 2.16. The Morgan fingerprint density at radius 3 is 2.88 bits per heavy atom. The number of nitrogens with one attached hydrogen (secondary N) is 1. The third-order valence-electron chi connectivity index (χ3n) is 3.39. The van der Waals surface area contributed by atoms with Gasteiger partial charge in [-0.1, -0.05) is 32.0 Å². The van der Waals surface area contributed by atoms with E-state index < -0.39 is 0 Å². The van der Waals surface area contributed by atoms with Crippen LogP contribution in [-0.4, -0.2) is 25.7 Å². The molecule has 0 aromatic heterocycles. The zero-order valence-corrected chi connectivity index (χ0v) is 11.1. The van der Waals surface area contributed by atoms with E-state index in [1.807, 2.05) is 0 Å². The van der Waals surface area contributed by atoms with Gasteiger partial charge in [0, 0.05) is 24.8 Å². The second-order valence-electron chi connectivity index (χ2n) is 5.18. The van der Waals surface area contributed by atoms with Crippen molar-refractivity contribution in [2.75, 3.05) is 24.5 Å². The van der Waals surface area contributed by atoms with Crippen LogP contribution in [0.25, 0.3) is 0 Å². The smallest absolute Gasteiger partial charge is 0.0399 e. The molecule has 0 aliphatic carbocycles. The summed E-state index contributed by atoms with van der Waals surface area (Å²) < 4.78 is 0. The summed E-state index contributed by atoms with van der Waals surface area (Å²) in [7, 11) is 0. The molecule has 0 saturated carbocycles. The van der Waals surface area contributed by atoms with Crippen molar-refractivity contribution in [3.8, 4) is 0 Å². The van der Waals surface area contributed by atoms with E-state index in [2.05, 4.69) is 48.3 Å². The van der Waals surface area contributed by atoms with Gasteiger partial charge in [-0.2, -0.15) is 0 Å². The molecule has 0 amide bonds. The summed E-state index contributed by atoms with van der Waals surface area (Å²) in [6.45, 7) is 7.97. The van der Waals surface area contributed by atoms with Crippen molar-refractivity contribution in [1.29, 1.82) is 0 Å². The summed E-state index contributed by atoms with van der Waals surface area (Å²) in [5, 5.41) is 3.47. The van der Waals surface area contributed by atoms with Crippen LogP contribution in [0.2, 0.25) is 0 Å². The van der Waals surface area contributed by atoms with E-state index in [1.54, 1.807) is 0 Å². The second kappa shape index (κ2) is 6.06. The Kier molecular flexibility index (Phi) is 4.43. The average molecular weight is 232 g/mol. The quantitative estimate of drug-likeness (QED) is 0.759. The maximum atomic E-state index is 3.47. The van der Waals surface area contributed by atoms with E-state index in [4.69, 9.17) is 0 Å². The fourth-order valence-electron chi connectivity index (χ4n) is 2.46. The molecule has 17 heavy (non-hydrogen) atoms. The number of hydrogen-bond acceptors (Lipinski definition) is 2. The molecule has 0 radical (unpaired) electrons. The Labute approximate surface area is 105 Å². The molecular formula is C15H24N2. The summed E-state index contributed by atoms with van der Waals surface area (Å²) >= 11 is 0. The lowest BCUT2D eigenvalue weighted by atomic mass is 10.2. The van der Waals surface area contributed by atoms with Gasteiger partial charge in [-0.15, -0.1) is 0 Å². The number of hydrogen-bond donors (Lipinski definition) is 1. The van der Waals surface area contributed by atoms with Crippen LogP contribution < -0.4 is 10.2 Å². The number of fused-ring (bicyclic) bond motifs is 1. The van der Waals surface area contributed by atoms with Crippen molar-refractivity contribution in [3.63, 3.8) is 0 Å². The lowest BCUT2D eigenvalue weighted by Gasteiger charge is -2.19. The largest absolute Gasteiger partial charge is 0.371 e. The summed E-state index contributed by atoms with van der Waals surface area (Å²) in [4.78, 5) is 2.53. The van der Waals surface area contributed by atoms with Crippen molar-refractivity contribution in [2.24, 2.45) is 0 Å². The maximum absolute atomic E-state index is 3.47. The van der Waals surface area contributed by atoms with Gasteiger partial charge in [0.25, 0.3) is 0 Å².